The average Bonchev–Trinajstić information content (AvgIpc) is 3.48. The highest BCUT2D eigenvalue weighted by Gasteiger charge is 2.28. The smallest absolute Gasteiger partial charge is 0.127 e. The number of nitrogens with zero attached hydrogens (tertiary/aromatic N) is 1. The van der Waals surface area contributed by atoms with Crippen LogP contribution in [-0.2, 0) is 0 Å². The maximum Gasteiger partial charge on any atom is 0.127 e. The van der Waals surface area contributed by atoms with Crippen molar-refractivity contribution >= 4 is 59.6 Å². The fraction of sp³-hybridized carbons (Fsp3) is 0.0513. The molecule has 2 aliphatic rings. The molecule has 0 saturated carbocycles. The summed E-state index contributed by atoms with van der Waals surface area (Å²) in [6.07, 6.45) is 8.40. The van der Waals surface area contributed by atoms with E-state index in [1.54, 1.807) is 0 Å². The molecule has 7 aromatic rings. The number of allylic oxidation sites excluding steroid dienone is 2. The highest BCUT2D eigenvalue weighted by Crippen LogP contribution is 2.44. The Labute approximate surface area is 238 Å². The molecular formula is C39H26N2. The quantitative estimate of drug-likeness (QED) is 0.225. The van der Waals surface area contributed by atoms with Crippen LogP contribution in [-0.4, -0.2) is 11.8 Å². The first-order valence-electron chi connectivity index (χ1n) is 14.3. The molecule has 0 fully saturated rings. The first-order valence-corrected chi connectivity index (χ1v) is 14.3. The Kier molecular flexibility index (Phi) is 4.84. The summed E-state index contributed by atoms with van der Waals surface area (Å²) in [5, 5.41) is 16.5. The first-order chi connectivity index (χ1) is 20.3. The number of rotatable bonds is 2. The summed E-state index contributed by atoms with van der Waals surface area (Å²) < 4.78 is 0. The normalized spacial score (nSPS) is 18.1. The fourth-order valence-electron chi connectivity index (χ4n) is 7.02. The second kappa shape index (κ2) is 8.72. The van der Waals surface area contributed by atoms with Crippen LogP contribution in [0.25, 0.3) is 65.0 Å². The fourth-order valence-corrected chi connectivity index (χ4v) is 7.02. The number of aliphatic imine (C=N–C) groups is 1. The average molecular weight is 523 g/mol. The minimum atomic E-state index is -0.0837. The molecule has 2 unspecified atom stereocenters. The van der Waals surface area contributed by atoms with Gasteiger partial charge in [0, 0.05) is 0 Å². The van der Waals surface area contributed by atoms with Gasteiger partial charge in [0.2, 0.25) is 0 Å². The van der Waals surface area contributed by atoms with E-state index in [4.69, 9.17) is 4.99 Å². The molecule has 192 valence electrons. The van der Waals surface area contributed by atoms with Crippen LogP contribution in [0, 0.1) is 0 Å². The van der Waals surface area contributed by atoms with Crippen molar-refractivity contribution in [3.63, 3.8) is 0 Å². The Morgan fingerprint density at radius 3 is 1.78 bits per heavy atom. The molecule has 1 aliphatic heterocycles. The Hall–Kier alpha value is -5.05. The van der Waals surface area contributed by atoms with Gasteiger partial charge in [0.25, 0.3) is 0 Å². The van der Waals surface area contributed by atoms with Gasteiger partial charge in [-0.15, -0.1) is 0 Å². The van der Waals surface area contributed by atoms with E-state index in [1.165, 1.54) is 70.6 Å². The van der Waals surface area contributed by atoms with Gasteiger partial charge in [0.15, 0.2) is 0 Å². The van der Waals surface area contributed by atoms with E-state index in [0.29, 0.717) is 0 Å². The second-order valence-electron chi connectivity index (χ2n) is 11.1. The van der Waals surface area contributed by atoms with Crippen molar-refractivity contribution in [1.29, 1.82) is 0 Å². The number of hydrogen-bond donors (Lipinski definition) is 1. The SMILES string of the molecule is C1=CC2=NC(c3cc4c5ccccc5c(-c5cc6ccccc6c6ccccc56)cc4c4ccccc34)NC2C=C1. The first kappa shape index (κ1) is 22.7. The Balaban J connectivity index is 1.38. The summed E-state index contributed by atoms with van der Waals surface area (Å²) in [7, 11) is 0. The molecule has 0 radical (unpaired) electrons. The largest absolute Gasteiger partial charge is 0.280 e. The van der Waals surface area contributed by atoms with Crippen molar-refractivity contribution < 1.29 is 0 Å². The molecule has 0 aromatic heterocycles. The van der Waals surface area contributed by atoms with Gasteiger partial charge in [-0.25, -0.2) is 0 Å². The molecule has 0 saturated heterocycles. The monoisotopic (exact) mass is 522 g/mol. The van der Waals surface area contributed by atoms with E-state index in [9.17, 15) is 0 Å². The van der Waals surface area contributed by atoms with Gasteiger partial charge in [-0.3, -0.25) is 10.3 Å². The Morgan fingerprint density at radius 2 is 1.05 bits per heavy atom. The van der Waals surface area contributed by atoms with Crippen LogP contribution < -0.4 is 5.32 Å². The summed E-state index contributed by atoms with van der Waals surface area (Å²) in [6.45, 7) is 0. The summed E-state index contributed by atoms with van der Waals surface area (Å²) in [5.41, 5.74) is 4.88. The van der Waals surface area contributed by atoms with E-state index in [1.807, 2.05) is 0 Å². The third-order valence-electron chi connectivity index (χ3n) is 8.88. The summed E-state index contributed by atoms with van der Waals surface area (Å²) >= 11 is 0. The highest BCUT2D eigenvalue weighted by molar-refractivity contribution is 6.24. The molecule has 7 aromatic carbocycles. The molecule has 1 aliphatic carbocycles. The zero-order valence-electron chi connectivity index (χ0n) is 22.4. The van der Waals surface area contributed by atoms with Gasteiger partial charge in [-0.1, -0.05) is 115 Å². The van der Waals surface area contributed by atoms with Crippen molar-refractivity contribution in [3.8, 4) is 11.1 Å². The third kappa shape index (κ3) is 3.38. The van der Waals surface area contributed by atoms with Crippen LogP contribution in [0.5, 0.6) is 0 Å². The Bertz CT molecular complexity index is 2300. The van der Waals surface area contributed by atoms with Crippen molar-refractivity contribution in [2.24, 2.45) is 4.99 Å². The lowest BCUT2D eigenvalue weighted by Crippen LogP contribution is -2.29. The van der Waals surface area contributed by atoms with E-state index in [2.05, 4.69) is 145 Å². The van der Waals surface area contributed by atoms with Gasteiger partial charge in [-0.2, -0.15) is 0 Å². The van der Waals surface area contributed by atoms with Gasteiger partial charge in [0.1, 0.15) is 6.17 Å². The number of fused-ring (bicyclic) bond motifs is 9. The third-order valence-corrected chi connectivity index (χ3v) is 8.88. The van der Waals surface area contributed by atoms with E-state index in [0.717, 1.165) is 5.71 Å². The molecular weight excluding hydrogens is 496 g/mol. The maximum absolute atomic E-state index is 5.11. The predicted molar refractivity (Wildman–Crippen MR) is 175 cm³/mol. The van der Waals surface area contributed by atoms with Gasteiger partial charge < -0.3 is 0 Å². The van der Waals surface area contributed by atoms with E-state index < -0.39 is 0 Å². The zero-order chi connectivity index (χ0) is 26.9. The molecule has 9 rings (SSSR count). The molecule has 1 N–H and O–H groups in total. The molecule has 2 atom stereocenters. The van der Waals surface area contributed by atoms with Crippen molar-refractivity contribution in [3.05, 3.63) is 145 Å². The van der Waals surface area contributed by atoms with Crippen molar-refractivity contribution in [2.75, 3.05) is 0 Å². The second-order valence-corrected chi connectivity index (χ2v) is 11.1. The van der Waals surface area contributed by atoms with Crippen LogP contribution in [0.15, 0.2) is 145 Å². The Morgan fingerprint density at radius 1 is 0.488 bits per heavy atom. The minimum absolute atomic E-state index is 0.0837. The van der Waals surface area contributed by atoms with Crippen LogP contribution in [0.3, 0.4) is 0 Å². The molecule has 0 spiro atoms. The molecule has 0 amide bonds. The molecule has 0 bridgehead atoms. The number of benzene rings is 7. The highest BCUT2D eigenvalue weighted by atomic mass is 15.2. The maximum atomic E-state index is 5.11. The molecule has 2 heteroatoms. The van der Waals surface area contributed by atoms with Crippen molar-refractivity contribution in [2.45, 2.75) is 12.2 Å². The van der Waals surface area contributed by atoms with Gasteiger partial charge in [-0.05, 0) is 94.8 Å². The number of nitrogens with one attached hydrogen (secondary N) is 1. The topological polar surface area (TPSA) is 24.4 Å². The van der Waals surface area contributed by atoms with E-state index in [-0.39, 0.29) is 12.2 Å². The summed E-state index contributed by atoms with van der Waals surface area (Å²) in [4.78, 5) is 5.11. The lowest BCUT2D eigenvalue weighted by Gasteiger charge is -2.19. The van der Waals surface area contributed by atoms with Crippen molar-refractivity contribution in [1.82, 2.24) is 5.32 Å². The van der Waals surface area contributed by atoms with Gasteiger partial charge in [0.05, 0.1) is 11.8 Å². The number of hydrogen-bond acceptors (Lipinski definition) is 2. The molecule has 41 heavy (non-hydrogen) atoms. The van der Waals surface area contributed by atoms with E-state index >= 15 is 0 Å². The standard InChI is InChI=1S/C39H26N2/c1-2-12-25-24(11-1)21-32(27-14-4-3-13-26(25)27)33-22-34-30-17-7-8-18-31(30)36(23-35(34)29-16-6-5-15-28(29)33)39-40-37-19-9-10-20-38(37)41-39/h1-23,37,39-40H. The predicted octanol–water partition coefficient (Wildman–Crippen LogP) is 9.66. The van der Waals surface area contributed by atoms with Gasteiger partial charge >= 0.3 is 0 Å². The van der Waals surface area contributed by atoms with Crippen LogP contribution >= 0.6 is 0 Å². The van der Waals surface area contributed by atoms with Crippen LogP contribution in [0.2, 0.25) is 0 Å². The lowest BCUT2D eigenvalue weighted by molar-refractivity contribution is 0.607. The summed E-state index contributed by atoms with van der Waals surface area (Å²) in [6, 6.07) is 42.6. The lowest BCUT2D eigenvalue weighted by atomic mass is 9.86. The van der Waals surface area contributed by atoms with Crippen LogP contribution in [0.4, 0.5) is 0 Å². The summed E-state index contributed by atoms with van der Waals surface area (Å²) in [5.74, 6) is 0. The zero-order valence-corrected chi connectivity index (χ0v) is 22.4. The molecule has 2 nitrogen and oxygen atoms in total. The molecule has 1 heterocycles. The van der Waals surface area contributed by atoms with Crippen LogP contribution in [0.1, 0.15) is 11.7 Å². The minimum Gasteiger partial charge on any atom is -0.280 e.